The number of ether oxygens (including phenoxy) is 1. The summed E-state index contributed by atoms with van der Waals surface area (Å²) in [6, 6.07) is 15.6. The van der Waals surface area contributed by atoms with Crippen LogP contribution in [0.3, 0.4) is 0 Å². The zero-order chi connectivity index (χ0) is 21.8. The van der Waals surface area contributed by atoms with E-state index < -0.39 is 0 Å². The molecule has 1 aliphatic heterocycles. The highest BCUT2D eigenvalue weighted by Gasteiger charge is 2.17. The number of rotatable bonds is 6. The number of thiazole rings is 1. The highest BCUT2D eigenvalue weighted by Crippen LogP contribution is 2.31. The van der Waals surface area contributed by atoms with E-state index >= 15 is 0 Å². The van der Waals surface area contributed by atoms with E-state index in [1.165, 1.54) is 17.0 Å². The van der Waals surface area contributed by atoms with E-state index in [-0.39, 0.29) is 5.91 Å². The number of hydrogen-bond donors (Lipinski definition) is 1. The van der Waals surface area contributed by atoms with Crippen LogP contribution in [0.25, 0.3) is 11.3 Å². The summed E-state index contributed by atoms with van der Waals surface area (Å²) in [5.74, 6) is 0.665. The fraction of sp³-hybridized carbons (Fsp3) is 0.333. The maximum absolute atomic E-state index is 12.7. The predicted molar refractivity (Wildman–Crippen MR) is 128 cm³/mol. The lowest BCUT2D eigenvalue weighted by Gasteiger charge is -2.35. The van der Waals surface area contributed by atoms with Crippen molar-refractivity contribution in [2.24, 2.45) is 0 Å². The SMILES string of the molecule is CCN1CCN(c2ccc(C(=O)Nc3nc(-c4ccc(OC)cc4)c(C)s3)cc2)CC1. The second-order valence-electron chi connectivity index (χ2n) is 7.57. The number of hydrogen-bond acceptors (Lipinski definition) is 6. The minimum absolute atomic E-state index is 0.141. The van der Waals surface area contributed by atoms with Crippen LogP contribution in [0.5, 0.6) is 5.75 Å². The molecule has 31 heavy (non-hydrogen) atoms. The largest absolute Gasteiger partial charge is 0.497 e. The van der Waals surface area contributed by atoms with Crippen LogP contribution in [0.15, 0.2) is 48.5 Å². The van der Waals surface area contributed by atoms with Crippen molar-refractivity contribution in [3.8, 4) is 17.0 Å². The van der Waals surface area contributed by atoms with Gasteiger partial charge in [0.2, 0.25) is 0 Å². The monoisotopic (exact) mass is 436 g/mol. The third kappa shape index (κ3) is 4.89. The molecular weight excluding hydrogens is 408 g/mol. The van der Waals surface area contributed by atoms with E-state index in [2.05, 4.69) is 27.0 Å². The van der Waals surface area contributed by atoms with Gasteiger partial charge in [0, 0.05) is 47.9 Å². The molecule has 0 radical (unpaired) electrons. The number of aryl methyl sites for hydroxylation is 1. The zero-order valence-electron chi connectivity index (χ0n) is 18.2. The topological polar surface area (TPSA) is 57.7 Å². The van der Waals surface area contributed by atoms with Gasteiger partial charge in [-0.1, -0.05) is 6.92 Å². The Morgan fingerprint density at radius 2 is 1.74 bits per heavy atom. The van der Waals surface area contributed by atoms with Gasteiger partial charge in [0.15, 0.2) is 5.13 Å². The number of carbonyl (C=O) groups is 1. The van der Waals surface area contributed by atoms with E-state index in [1.807, 2.05) is 55.5 Å². The van der Waals surface area contributed by atoms with Crippen LogP contribution < -0.4 is 15.0 Å². The Morgan fingerprint density at radius 1 is 1.06 bits per heavy atom. The minimum atomic E-state index is -0.141. The molecule has 0 bridgehead atoms. The highest BCUT2D eigenvalue weighted by atomic mass is 32.1. The molecule has 1 N–H and O–H groups in total. The van der Waals surface area contributed by atoms with Gasteiger partial charge in [-0.25, -0.2) is 4.98 Å². The molecule has 1 aromatic heterocycles. The second-order valence-corrected chi connectivity index (χ2v) is 8.78. The normalized spacial score (nSPS) is 14.5. The molecule has 6 nitrogen and oxygen atoms in total. The van der Waals surface area contributed by atoms with Gasteiger partial charge in [-0.3, -0.25) is 10.1 Å². The van der Waals surface area contributed by atoms with E-state index in [4.69, 9.17) is 4.74 Å². The lowest BCUT2D eigenvalue weighted by atomic mass is 10.1. The van der Waals surface area contributed by atoms with Crippen LogP contribution in [-0.2, 0) is 0 Å². The third-order valence-corrected chi connectivity index (χ3v) is 6.58. The quantitative estimate of drug-likeness (QED) is 0.616. The lowest BCUT2D eigenvalue weighted by Crippen LogP contribution is -2.46. The molecule has 0 aliphatic carbocycles. The summed E-state index contributed by atoms with van der Waals surface area (Å²) in [6.45, 7) is 9.52. The van der Waals surface area contributed by atoms with Crippen molar-refractivity contribution in [3.63, 3.8) is 0 Å². The number of likely N-dealkylation sites (N-methyl/N-ethyl adjacent to an activating group) is 1. The third-order valence-electron chi connectivity index (χ3n) is 5.69. The van der Waals surface area contributed by atoms with Crippen molar-refractivity contribution < 1.29 is 9.53 Å². The van der Waals surface area contributed by atoms with E-state index in [0.717, 1.165) is 54.6 Å². The number of aromatic nitrogens is 1. The molecule has 1 saturated heterocycles. The maximum atomic E-state index is 12.7. The molecule has 0 unspecified atom stereocenters. The Balaban J connectivity index is 1.41. The number of nitrogens with zero attached hydrogens (tertiary/aromatic N) is 3. The number of benzene rings is 2. The predicted octanol–water partition coefficient (Wildman–Crippen LogP) is 4.52. The molecule has 0 saturated carbocycles. The first kappa shape index (κ1) is 21.3. The van der Waals surface area contributed by atoms with E-state index in [9.17, 15) is 4.79 Å². The number of piperazine rings is 1. The number of methoxy groups -OCH3 is 1. The van der Waals surface area contributed by atoms with Crippen LogP contribution in [-0.4, -0.2) is 55.6 Å². The van der Waals surface area contributed by atoms with Gasteiger partial charge in [0.05, 0.1) is 12.8 Å². The number of carbonyl (C=O) groups excluding carboxylic acids is 1. The van der Waals surface area contributed by atoms with Crippen LogP contribution in [0, 0.1) is 6.92 Å². The first-order valence-corrected chi connectivity index (χ1v) is 11.4. The average Bonchev–Trinajstić information content (AvgIpc) is 3.19. The molecule has 0 atom stereocenters. The molecule has 2 heterocycles. The summed E-state index contributed by atoms with van der Waals surface area (Å²) < 4.78 is 5.22. The summed E-state index contributed by atoms with van der Waals surface area (Å²) in [4.78, 5) is 23.3. The van der Waals surface area contributed by atoms with Crippen LogP contribution in [0.2, 0.25) is 0 Å². The first-order chi connectivity index (χ1) is 15.1. The first-order valence-electron chi connectivity index (χ1n) is 10.6. The van der Waals surface area contributed by atoms with Gasteiger partial charge in [0.1, 0.15) is 5.75 Å². The Kier molecular flexibility index (Phi) is 6.53. The van der Waals surface area contributed by atoms with Crippen molar-refractivity contribution >= 4 is 28.1 Å². The molecular formula is C24H28N4O2S. The Hall–Kier alpha value is -2.90. The van der Waals surface area contributed by atoms with Gasteiger partial charge in [-0.15, -0.1) is 11.3 Å². The molecule has 1 amide bonds. The van der Waals surface area contributed by atoms with Gasteiger partial charge in [-0.05, 0) is 62.0 Å². The van der Waals surface area contributed by atoms with Gasteiger partial charge in [-0.2, -0.15) is 0 Å². The van der Waals surface area contributed by atoms with Crippen molar-refractivity contribution in [3.05, 3.63) is 59.0 Å². The van der Waals surface area contributed by atoms with Gasteiger partial charge >= 0.3 is 0 Å². The lowest BCUT2D eigenvalue weighted by molar-refractivity contribution is 0.102. The zero-order valence-corrected chi connectivity index (χ0v) is 19.0. The summed E-state index contributed by atoms with van der Waals surface area (Å²) in [5.41, 5.74) is 3.68. The Labute approximate surface area is 187 Å². The van der Waals surface area contributed by atoms with Crippen molar-refractivity contribution in [2.45, 2.75) is 13.8 Å². The standard InChI is InChI=1S/C24H28N4O2S/c1-4-27-13-15-28(16-14-27)20-9-5-19(6-10-20)23(29)26-24-25-22(17(2)31-24)18-7-11-21(30-3)12-8-18/h5-12H,4,13-16H2,1-3H3,(H,25,26,29). The average molecular weight is 437 g/mol. The van der Waals surface area contributed by atoms with E-state index in [0.29, 0.717) is 10.7 Å². The summed E-state index contributed by atoms with van der Waals surface area (Å²) in [6.07, 6.45) is 0. The number of amides is 1. The molecule has 1 fully saturated rings. The van der Waals surface area contributed by atoms with Crippen LogP contribution in [0.4, 0.5) is 10.8 Å². The molecule has 3 aromatic rings. The second kappa shape index (κ2) is 9.49. The summed E-state index contributed by atoms with van der Waals surface area (Å²) in [5, 5.41) is 3.55. The molecule has 7 heteroatoms. The maximum Gasteiger partial charge on any atom is 0.257 e. The minimum Gasteiger partial charge on any atom is -0.497 e. The number of anilines is 2. The molecule has 2 aromatic carbocycles. The summed E-state index contributed by atoms with van der Waals surface area (Å²) >= 11 is 1.48. The van der Waals surface area contributed by atoms with Crippen molar-refractivity contribution in [2.75, 3.05) is 50.1 Å². The van der Waals surface area contributed by atoms with Crippen LogP contribution >= 0.6 is 11.3 Å². The molecule has 162 valence electrons. The van der Waals surface area contributed by atoms with Crippen LogP contribution in [0.1, 0.15) is 22.2 Å². The smallest absolute Gasteiger partial charge is 0.257 e. The van der Waals surface area contributed by atoms with Crippen molar-refractivity contribution in [1.82, 2.24) is 9.88 Å². The molecule has 0 spiro atoms. The van der Waals surface area contributed by atoms with Gasteiger partial charge < -0.3 is 14.5 Å². The van der Waals surface area contributed by atoms with E-state index in [1.54, 1.807) is 7.11 Å². The molecule has 4 rings (SSSR count). The van der Waals surface area contributed by atoms with Crippen molar-refractivity contribution in [1.29, 1.82) is 0 Å². The number of nitrogens with one attached hydrogen (secondary N) is 1. The summed E-state index contributed by atoms with van der Waals surface area (Å²) in [7, 11) is 1.65. The Bertz CT molecular complexity index is 1020. The Morgan fingerprint density at radius 3 is 2.35 bits per heavy atom. The molecule has 1 aliphatic rings. The fourth-order valence-corrected chi connectivity index (χ4v) is 4.61. The highest BCUT2D eigenvalue weighted by molar-refractivity contribution is 7.16. The fourth-order valence-electron chi connectivity index (χ4n) is 3.78. The van der Waals surface area contributed by atoms with Gasteiger partial charge in [0.25, 0.3) is 5.91 Å².